The molecule has 0 saturated heterocycles. The van der Waals surface area contributed by atoms with E-state index in [-0.39, 0.29) is 0 Å². The van der Waals surface area contributed by atoms with Gasteiger partial charge in [0, 0.05) is 21.5 Å². The maximum Gasteiger partial charge on any atom is 0.135 e. The summed E-state index contributed by atoms with van der Waals surface area (Å²) in [4.78, 5) is 0. The Morgan fingerprint density at radius 2 is 0.415 bits per heavy atom. The Morgan fingerprint density at radius 3 is 0.841 bits per heavy atom. The van der Waals surface area contributed by atoms with Crippen LogP contribution in [0.25, 0.3) is 165 Å². The van der Waals surface area contributed by atoms with Gasteiger partial charge >= 0.3 is 0 Å². The van der Waals surface area contributed by atoms with E-state index in [2.05, 4.69) is 279 Å². The van der Waals surface area contributed by atoms with E-state index in [0.717, 1.165) is 43.9 Å². The molecule has 382 valence electrons. The van der Waals surface area contributed by atoms with Crippen molar-refractivity contribution in [2.45, 2.75) is 0 Å². The van der Waals surface area contributed by atoms with Crippen LogP contribution in [0.15, 0.2) is 312 Å². The first-order valence-electron chi connectivity index (χ1n) is 28.1. The van der Waals surface area contributed by atoms with Crippen molar-refractivity contribution in [2.75, 3.05) is 0 Å². The zero-order valence-electron chi connectivity index (χ0n) is 44.7. The lowest BCUT2D eigenvalue weighted by Gasteiger charge is -2.18. The SMILES string of the molecule is c1ccc(-c2c3ccccc3c(-c3ccc4cc(-c5ccc6oc7ccccc7c6c5)ccc4c3)c3ccccc23)cc1.c1ccc(-c2c3ccccc3c(-c3cccc(-c4ccc5oc6ccccc6c5c4)c3)c3ccccc23)cc1. The second-order valence-corrected chi connectivity index (χ2v) is 21.4. The maximum atomic E-state index is 6.08. The lowest BCUT2D eigenvalue weighted by atomic mass is 9.85. The van der Waals surface area contributed by atoms with E-state index in [1.807, 2.05) is 24.3 Å². The molecule has 0 N–H and O–H groups in total. The monoisotopic (exact) mass is 1040 g/mol. The normalized spacial score (nSPS) is 11.7. The minimum Gasteiger partial charge on any atom is -0.456 e. The molecule has 82 heavy (non-hydrogen) atoms. The Balaban J connectivity index is 0.000000136. The third-order valence-corrected chi connectivity index (χ3v) is 16.7. The van der Waals surface area contributed by atoms with Crippen LogP contribution in [0.3, 0.4) is 0 Å². The van der Waals surface area contributed by atoms with Crippen LogP contribution in [0.1, 0.15) is 0 Å². The minimum atomic E-state index is 0.921. The fraction of sp³-hybridized carbons (Fsp3) is 0. The van der Waals surface area contributed by atoms with Crippen molar-refractivity contribution in [3.8, 4) is 66.8 Å². The molecule has 0 spiro atoms. The maximum absolute atomic E-state index is 6.08. The highest BCUT2D eigenvalue weighted by molar-refractivity contribution is 6.23. The molecule has 17 rings (SSSR count). The van der Waals surface area contributed by atoms with Crippen LogP contribution in [0.5, 0.6) is 0 Å². The van der Waals surface area contributed by atoms with Crippen LogP contribution < -0.4 is 0 Å². The molecule has 15 aromatic carbocycles. The van der Waals surface area contributed by atoms with E-state index >= 15 is 0 Å². The Bertz CT molecular complexity index is 5220. The van der Waals surface area contributed by atoms with Crippen LogP contribution in [0.2, 0.25) is 0 Å². The van der Waals surface area contributed by atoms with Gasteiger partial charge in [0.2, 0.25) is 0 Å². The molecule has 0 radical (unpaired) electrons. The predicted molar refractivity (Wildman–Crippen MR) is 348 cm³/mol. The molecule has 17 aromatic rings. The highest BCUT2D eigenvalue weighted by atomic mass is 16.3. The Morgan fingerprint density at radius 1 is 0.146 bits per heavy atom. The fourth-order valence-electron chi connectivity index (χ4n) is 13.0. The minimum absolute atomic E-state index is 0.921. The summed E-state index contributed by atoms with van der Waals surface area (Å²) in [6, 6.07) is 109. The molecule has 2 nitrogen and oxygen atoms in total. The lowest BCUT2D eigenvalue weighted by molar-refractivity contribution is 0.668. The summed E-state index contributed by atoms with van der Waals surface area (Å²) in [7, 11) is 0. The third kappa shape index (κ3) is 7.95. The van der Waals surface area contributed by atoms with Gasteiger partial charge < -0.3 is 8.83 Å². The molecule has 0 unspecified atom stereocenters. The van der Waals surface area contributed by atoms with Crippen molar-refractivity contribution in [3.05, 3.63) is 303 Å². The average Bonchev–Trinajstić information content (AvgIpc) is 4.27. The fourth-order valence-corrected chi connectivity index (χ4v) is 13.0. The summed E-state index contributed by atoms with van der Waals surface area (Å²) in [5, 5.41) is 17.3. The van der Waals surface area contributed by atoms with Gasteiger partial charge in [-0.15, -0.1) is 0 Å². The number of fused-ring (bicyclic) bond motifs is 11. The molecule has 0 fully saturated rings. The van der Waals surface area contributed by atoms with Gasteiger partial charge in [-0.3, -0.25) is 0 Å². The summed E-state index contributed by atoms with van der Waals surface area (Å²) in [5.41, 5.74) is 18.6. The van der Waals surface area contributed by atoms with Crippen molar-refractivity contribution in [3.63, 3.8) is 0 Å². The van der Waals surface area contributed by atoms with Gasteiger partial charge in [0.25, 0.3) is 0 Å². The molecule has 0 atom stereocenters. The van der Waals surface area contributed by atoms with E-state index in [0.29, 0.717) is 0 Å². The first-order chi connectivity index (χ1) is 40.7. The topological polar surface area (TPSA) is 26.3 Å². The predicted octanol–water partition coefficient (Wildman–Crippen LogP) is 22.9. The number of benzene rings is 15. The molecular formula is C80H50O2. The van der Waals surface area contributed by atoms with Gasteiger partial charge in [0.1, 0.15) is 22.3 Å². The van der Waals surface area contributed by atoms with E-state index in [4.69, 9.17) is 8.83 Å². The standard InChI is InChI=1S/C42H26O.C38H24O/c1-2-10-27(11-3-1)41-34-13-4-6-15-36(34)42(37-16-7-5-14-35(37)41)32-21-20-28-24-29(18-19-30(28)25-32)31-22-23-40-38(26-31)33-12-8-9-17-39(33)43-40;1-2-11-25(12-3-1)37-30-16-4-6-18-32(30)38(33-19-7-5-17-31(33)37)28-14-10-13-26(23-28)27-21-22-36-34(24-27)29-15-8-9-20-35(29)39-36/h1-26H;1-24H. The Labute approximate surface area is 474 Å². The second kappa shape index (κ2) is 19.5. The Hall–Kier alpha value is -10.8. The zero-order valence-corrected chi connectivity index (χ0v) is 44.7. The quantitative estimate of drug-likeness (QED) is 0.155. The third-order valence-electron chi connectivity index (χ3n) is 16.7. The van der Waals surface area contributed by atoms with Crippen molar-refractivity contribution in [1.82, 2.24) is 0 Å². The molecule has 0 aliphatic rings. The molecule has 0 aliphatic heterocycles. The van der Waals surface area contributed by atoms with Crippen LogP contribution in [-0.4, -0.2) is 0 Å². The molecule has 2 aromatic heterocycles. The molecular weight excluding hydrogens is 993 g/mol. The van der Waals surface area contributed by atoms with Gasteiger partial charge in [0.05, 0.1) is 0 Å². The largest absolute Gasteiger partial charge is 0.456 e. The van der Waals surface area contributed by atoms with Crippen molar-refractivity contribution in [2.24, 2.45) is 0 Å². The molecule has 0 saturated carbocycles. The number of hydrogen-bond donors (Lipinski definition) is 0. The van der Waals surface area contributed by atoms with Gasteiger partial charge in [-0.05, 0) is 175 Å². The highest BCUT2D eigenvalue weighted by Crippen LogP contribution is 2.47. The number of hydrogen-bond acceptors (Lipinski definition) is 2. The number of para-hydroxylation sites is 2. The first-order valence-corrected chi connectivity index (χ1v) is 28.1. The summed E-state index contributed by atoms with van der Waals surface area (Å²) < 4.78 is 12.1. The average molecular weight is 1040 g/mol. The highest BCUT2D eigenvalue weighted by Gasteiger charge is 2.19. The summed E-state index contributed by atoms with van der Waals surface area (Å²) in [6.45, 7) is 0. The second-order valence-electron chi connectivity index (χ2n) is 21.4. The summed E-state index contributed by atoms with van der Waals surface area (Å²) in [5.74, 6) is 0. The van der Waals surface area contributed by atoms with Crippen molar-refractivity contribution >= 4 is 97.7 Å². The van der Waals surface area contributed by atoms with Crippen molar-refractivity contribution in [1.29, 1.82) is 0 Å². The molecule has 0 bridgehead atoms. The van der Waals surface area contributed by atoms with E-state index < -0.39 is 0 Å². The van der Waals surface area contributed by atoms with Gasteiger partial charge in [0.15, 0.2) is 0 Å². The molecule has 2 heterocycles. The number of furan rings is 2. The molecule has 0 aliphatic carbocycles. The first kappa shape index (κ1) is 47.2. The van der Waals surface area contributed by atoms with Crippen LogP contribution in [0, 0.1) is 0 Å². The van der Waals surface area contributed by atoms with Crippen LogP contribution >= 0.6 is 0 Å². The smallest absolute Gasteiger partial charge is 0.135 e. The van der Waals surface area contributed by atoms with Gasteiger partial charge in [-0.1, -0.05) is 249 Å². The summed E-state index contributed by atoms with van der Waals surface area (Å²) in [6.07, 6.45) is 0. The van der Waals surface area contributed by atoms with E-state index in [9.17, 15) is 0 Å². The van der Waals surface area contributed by atoms with Gasteiger partial charge in [-0.2, -0.15) is 0 Å². The number of rotatable bonds is 6. The lowest BCUT2D eigenvalue weighted by Crippen LogP contribution is -1.91. The van der Waals surface area contributed by atoms with E-state index in [1.54, 1.807) is 0 Å². The van der Waals surface area contributed by atoms with Crippen LogP contribution in [0.4, 0.5) is 0 Å². The van der Waals surface area contributed by atoms with Crippen molar-refractivity contribution < 1.29 is 8.83 Å². The van der Waals surface area contributed by atoms with Gasteiger partial charge in [-0.25, -0.2) is 0 Å². The molecule has 2 heteroatoms. The molecule has 0 amide bonds. The zero-order chi connectivity index (χ0) is 54.1. The summed E-state index contributed by atoms with van der Waals surface area (Å²) >= 11 is 0. The van der Waals surface area contributed by atoms with Crippen LogP contribution in [-0.2, 0) is 0 Å². The Kier molecular flexibility index (Phi) is 11.2. The van der Waals surface area contributed by atoms with E-state index in [1.165, 1.54) is 121 Å².